The average molecular weight is 383 g/mol. The number of ether oxygens (including phenoxy) is 2. The SMILES string of the molecule is O=C(COC(=O)C1c2ccccc2Oc2ccccc21)c1c[nH]c2ccccc12. The van der Waals surface area contributed by atoms with E-state index in [4.69, 9.17) is 9.47 Å². The van der Waals surface area contributed by atoms with E-state index in [1.165, 1.54) is 0 Å². The van der Waals surface area contributed by atoms with Crippen LogP contribution in [0.1, 0.15) is 27.4 Å². The van der Waals surface area contributed by atoms with Crippen LogP contribution in [0.25, 0.3) is 10.9 Å². The van der Waals surface area contributed by atoms with Crippen molar-refractivity contribution in [2.75, 3.05) is 6.61 Å². The number of carbonyl (C=O) groups is 2. The van der Waals surface area contributed by atoms with E-state index in [1.807, 2.05) is 72.8 Å². The summed E-state index contributed by atoms with van der Waals surface area (Å²) in [7, 11) is 0. The quantitative estimate of drug-likeness (QED) is 0.405. The summed E-state index contributed by atoms with van der Waals surface area (Å²) in [4.78, 5) is 28.8. The fraction of sp³-hybridized carbons (Fsp3) is 0.0833. The van der Waals surface area contributed by atoms with Crippen LogP contribution in [0.4, 0.5) is 0 Å². The number of hydrogen-bond acceptors (Lipinski definition) is 4. The molecule has 0 amide bonds. The largest absolute Gasteiger partial charge is 0.457 e. The monoisotopic (exact) mass is 383 g/mol. The minimum atomic E-state index is -0.632. The number of rotatable bonds is 4. The topological polar surface area (TPSA) is 68.4 Å². The van der Waals surface area contributed by atoms with Gasteiger partial charge in [-0.15, -0.1) is 0 Å². The third-order valence-electron chi connectivity index (χ3n) is 5.15. The fourth-order valence-electron chi connectivity index (χ4n) is 3.76. The van der Waals surface area contributed by atoms with Gasteiger partial charge in [0.15, 0.2) is 6.61 Å². The number of fused-ring (bicyclic) bond motifs is 3. The predicted octanol–water partition coefficient (Wildman–Crippen LogP) is 4.83. The fourth-order valence-corrected chi connectivity index (χ4v) is 3.76. The van der Waals surface area contributed by atoms with Crippen molar-refractivity contribution in [3.8, 4) is 11.5 Å². The molecule has 0 spiro atoms. The third-order valence-corrected chi connectivity index (χ3v) is 5.15. The van der Waals surface area contributed by atoms with Gasteiger partial charge in [-0.3, -0.25) is 9.59 Å². The van der Waals surface area contributed by atoms with Crippen molar-refractivity contribution >= 4 is 22.7 Å². The molecule has 5 heteroatoms. The van der Waals surface area contributed by atoms with Gasteiger partial charge in [0.2, 0.25) is 5.78 Å². The average Bonchev–Trinajstić information content (AvgIpc) is 3.20. The van der Waals surface area contributed by atoms with E-state index < -0.39 is 11.9 Å². The minimum absolute atomic E-state index is 0.246. The number of aromatic amines is 1. The molecule has 5 nitrogen and oxygen atoms in total. The summed E-state index contributed by atoms with van der Waals surface area (Å²) in [5.41, 5.74) is 2.85. The molecule has 0 unspecified atom stereocenters. The normalized spacial score (nSPS) is 12.7. The zero-order valence-electron chi connectivity index (χ0n) is 15.4. The number of ketones is 1. The van der Waals surface area contributed by atoms with Gasteiger partial charge in [-0.25, -0.2) is 0 Å². The molecule has 3 aromatic carbocycles. The molecule has 0 bridgehead atoms. The van der Waals surface area contributed by atoms with Crippen molar-refractivity contribution in [3.05, 3.63) is 95.7 Å². The molecule has 0 aliphatic carbocycles. The Hall–Kier alpha value is -3.86. The number of benzene rings is 3. The Labute approximate surface area is 166 Å². The number of hydrogen-bond donors (Lipinski definition) is 1. The summed E-state index contributed by atoms with van der Waals surface area (Å²) in [6.07, 6.45) is 1.65. The number of esters is 1. The summed E-state index contributed by atoms with van der Waals surface area (Å²) in [6.45, 7) is -0.317. The summed E-state index contributed by atoms with van der Waals surface area (Å²) < 4.78 is 11.4. The summed E-state index contributed by atoms with van der Waals surface area (Å²) in [5.74, 6) is -0.107. The predicted molar refractivity (Wildman–Crippen MR) is 108 cm³/mol. The second-order valence-electron chi connectivity index (χ2n) is 6.89. The van der Waals surface area contributed by atoms with E-state index in [-0.39, 0.29) is 12.4 Å². The van der Waals surface area contributed by atoms with Crippen molar-refractivity contribution < 1.29 is 19.1 Å². The van der Waals surface area contributed by atoms with Crippen LogP contribution in [0.3, 0.4) is 0 Å². The van der Waals surface area contributed by atoms with Gasteiger partial charge in [-0.2, -0.15) is 0 Å². The highest BCUT2D eigenvalue weighted by Crippen LogP contribution is 2.44. The molecule has 0 saturated heterocycles. The van der Waals surface area contributed by atoms with Gasteiger partial charge in [0.05, 0.1) is 0 Å². The van der Waals surface area contributed by atoms with Gasteiger partial charge in [0.1, 0.15) is 17.4 Å². The zero-order valence-corrected chi connectivity index (χ0v) is 15.4. The number of para-hydroxylation sites is 3. The molecule has 29 heavy (non-hydrogen) atoms. The molecule has 4 aromatic rings. The van der Waals surface area contributed by atoms with E-state index in [0.717, 1.165) is 22.0 Å². The Morgan fingerprint density at radius 1 is 0.862 bits per heavy atom. The highest BCUT2D eigenvalue weighted by molar-refractivity contribution is 6.09. The number of Topliss-reactive ketones (excluding diaryl/α,β-unsaturated/α-hetero) is 1. The molecule has 1 aliphatic rings. The van der Waals surface area contributed by atoms with Crippen LogP contribution in [0.2, 0.25) is 0 Å². The molecule has 1 aromatic heterocycles. The molecule has 2 heterocycles. The number of carbonyl (C=O) groups excluding carboxylic acids is 2. The van der Waals surface area contributed by atoms with Gasteiger partial charge in [0.25, 0.3) is 0 Å². The van der Waals surface area contributed by atoms with Crippen molar-refractivity contribution in [1.82, 2.24) is 4.98 Å². The van der Waals surface area contributed by atoms with E-state index >= 15 is 0 Å². The van der Waals surface area contributed by atoms with Crippen LogP contribution in [0.15, 0.2) is 79.0 Å². The minimum Gasteiger partial charge on any atom is -0.457 e. The third kappa shape index (κ3) is 2.97. The molecule has 0 atom stereocenters. The van der Waals surface area contributed by atoms with E-state index in [1.54, 1.807) is 6.20 Å². The second kappa shape index (κ2) is 6.95. The second-order valence-corrected chi connectivity index (χ2v) is 6.89. The summed E-state index contributed by atoms with van der Waals surface area (Å²) >= 11 is 0. The van der Waals surface area contributed by atoms with Crippen molar-refractivity contribution in [2.45, 2.75) is 5.92 Å². The van der Waals surface area contributed by atoms with Crippen LogP contribution in [0.5, 0.6) is 11.5 Å². The first-order chi connectivity index (χ1) is 14.2. The first-order valence-electron chi connectivity index (χ1n) is 9.34. The Kier molecular flexibility index (Phi) is 4.13. The van der Waals surface area contributed by atoms with Crippen LogP contribution in [-0.2, 0) is 9.53 Å². The highest BCUT2D eigenvalue weighted by atomic mass is 16.5. The maximum atomic E-state index is 13.0. The molecule has 0 fully saturated rings. The van der Waals surface area contributed by atoms with E-state index in [2.05, 4.69) is 4.98 Å². The first kappa shape index (κ1) is 17.3. The van der Waals surface area contributed by atoms with Crippen LogP contribution in [-0.4, -0.2) is 23.3 Å². The van der Waals surface area contributed by atoms with E-state index in [9.17, 15) is 9.59 Å². The van der Waals surface area contributed by atoms with Crippen LogP contribution < -0.4 is 4.74 Å². The Bertz CT molecular complexity index is 1190. The lowest BCUT2D eigenvalue weighted by molar-refractivity contribution is -0.143. The first-order valence-corrected chi connectivity index (χ1v) is 9.34. The number of aromatic nitrogens is 1. The lowest BCUT2D eigenvalue weighted by Crippen LogP contribution is -2.23. The highest BCUT2D eigenvalue weighted by Gasteiger charge is 2.34. The smallest absolute Gasteiger partial charge is 0.318 e. The van der Waals surface area contributed by atoms with E-state index in [0.29, 0.717) is 17.1 Å². The molecule has 1 N–H and O–H groups in total. The molecule has 0 saturated carbocycles. The lowest BCUT2D eigenvalue weighted by atomic mass is 9.88. The number of nitrogens with one attached hydrogen (secondary N) is 1. The molecular weight excluding hydrogens is 366 g/mol. The lowest BCUT2D eigenvalue weighted by Gasteiger charge is -2.26. The van der Waals surface area contributed by atoms with Gasteiger partial charge in [-0.05, 0) is 18.2 Å². The maximum Gasteiger partial charge on any atom is 0.318 e. The maximum absolute atomic E-state index is 13.0. The summed E-state index contributed by atoms with van der Waals surface area (Å²) in [6, 6.07) is 22.3. The van der Waals surface area contributed by atoms with Crippen molar-refractivity contribution in [1.29, 1.82) is 0 Å². The molecule has 0 radical (unpaired) electrons. The van der Waals surface area contributed by atoms with Gasteiger partial charge in [0, 0.05) is 33.8 Å². The van der Waals surface area contributed by atoms with Gasteiger partial charge >= 0.3 is 5.97 Å². The zero-order chi connectivity index (χ0) is 19.8. The molecule has 1 aliphatic heterocycles. The Morgan fingerprint density at radius 2 is 1.48 bits per heavy atom. The number of H-pyrrole nitrogens is 1. The standard InChI is InChI=1S/C24H17NO4/c26-20(18-13-25-19-10-4-1-7-15(18)19)14-28-24(27)23-16-8-2-5-11-21(16)29-22-12-6-3-9-17(22)23/h1-13,23,25H,14H2. The molecular formula is C24H17NO4. The van der Waals surface area contributed by atoms with Gasteiger partial charge in [-0.1, -0.05) is 54.6 Å². The summed E-state index contributed by atoms with van der Waals surface area (Å²) in [5, 5.41) is 0.815. The van der Waals surface area contributed by atoms with Crippen molar-refractivity contribution in [2.24, 2.45) is 0 Å². The molecule has 142 valence electrons. The van der Waals surface area contributed by atoms with Gasteiger partial charge < -0.3 is 14.5 Å². The van der Waals surface area contributed by atoms with Crippen LogP contribution >= 0.6 is 0 Å². The Morgan fingerprint density at radius 3 is 2.21 bits per heavy atom. The molecule has 5 rings (SSSR count). The Balaban J connectivity index is 1.41. The van der Waals surface area contributed by atoms with Crippen molar-refractivity contribution in [3.63, 3.8) is 0 Å². The van der Waals surface area contributed by atoms with Crippen LogP contribution in [0, 0.1) is 0 Å².